The summed E-state index contributed by atoms with van der Waals surface area (Å²) in [5, 5.41) is 4.05. The maximum absolute atomic E-state index is 14.2. The third kappa shape index (κ3) is 4.94. The summed E-state index contributed by atoms with van der Waals surface area (Å²) >= 11 is 5.87. The van der Waals surface area contributed by atoms with Crippen molar-refractivity contribution in [1.29, 1.82) is 0 Å². The smallest absolute Gasteiger partial charge is 0.174 e. The van der Waals surface area contributed by atoms with E-state index in [-0.39, 0.29) is 17.9 Å². The van der Waals surface area contributed by atoms with Gasteiger partial charge in [0.05, 0.1) is 18.8 Å². The molecule has 1 aliphatic rings. The first-order valence-corrected chi connectivity index (χ1v) is 12.9. The van der Waals surface area contributed by atoms with Crippen molar-refractivity contribution in [2.24, 2.45) is 0 Å². The van der Waals surface area contributed by atoms with E-state index < -0.39 is 0 Å². The Hall–Kier alpha value is -4.69. The maximum Gasteiger partial charge on any atom is 0.174 e. The molecule has 0 radical (unpaired) electrons. The molecule has 1 aliphatic heterocycles. The fourth-order valence-corrected chi connectivity index (χ4v) is 5.23. The Labute approximate surface area is 231 Å². The zero-order valence-corrected chi connectivity index (χ0v) is 21.9. The molecule has 1 N–H and O–H groups in total. The van der Waals surface area contributed by atoms with Gasteiger partial charge in [0.15, 0.2) is 5.11 Å². The summed E-state index contributed by atoms with van der Waals surface area (Å²) in [6.07, 6.45) is 3.71. The number of benzene rings is 3. The molecule has 0 spiro atoms. The van der Waals surface area contributed by atoms with E-state index in [1.807, 2.05) is 95.7 Å². The lowest BCUT2D eigenvalue weighted by molar-refractivity contribution is 0.413. The van der Waals surface area contributed by atoms with Gasteiger partial charge in [0, 0.05) is 29.5 Å². The molecule has 5 aromatic rings. The van der Waals surface area contributed by atoms with Crippen LogP contribution in [-0.2, 0) is 0 Å². The SMILES string of the molecule is COc1ccc(Oc2ccc(N3C(=S)NC(c4ccccn4)C3c3cccn3-c3cccc(F)c3)cc2)cc1. The predicted molar refractivity (Wildman–Crippen MR) is 153 cm³/mol. The lowest BCUT2D eigenvalue weighted by atomic mass is 10.0. The standard InChI is InChI=1S/C31H25FN4O2S/c1-37-24-14-16-26(17-15-24)38-25-12-10-22(11-13-25)36-30(29(34-31(36)39)27-8-2-3-18-33-27)28-9-5-19-35(28)23-7-4-6-21(32)20-23/h2-20,29-30H,1H3,(H,34,39). The molecule has 39 heavy (non-hydrogen) atoms. The van der Waals surface area contributed by atoms with Crippen LogP contribution in [0, 0.1) is 5.82 Å². The Morgan fingerprint density at radius 3 is 2.26 bits per heavy atom. The monoisotopic (exact) mass is 536 g/mol. The lowest BCUT2D eigenvalue weighted by Gasteiger charge is -2.29. The highest BCUT2D eigenvalue weighted by Gasteiger charge is 2.42. The van der Waals surface area contributed by atoms with Crippen LogP contribution in [0.2, 0.25) is 0 Å². The summed E-state index contributed by atoms with van der Waals surface area (Å²) in [5.41, 5.74) is 3.43. The normalized spacial score (nSPS) is 16.7. The molecule has 1 saturated heterocycles. The molecule has 3 heterocycles. The van der Waals surface area contributed by atoms with E-state index >= 15 is 0 Å². The number of rotatable bonds is 7. The van der Waals surface area contributed by atoms with Gasteiger partial charge in [-0.2, -0.15) is 0 Å². The summed E-state index contributed by atoms with van der Waals surface area (Å²) in [4.78, 5) is 6.71. The van der Waals surface area contributed by atoms with Gasteiger partial charge in [0.2, 0.25) is 0 Å². The van der Waals surface area contributed by atoms with Crippen molar-refractivity contribution < 1.29 is 13.9 Å². The summed E-state index contributed by atoms with van der Waals surface area (Å²) in [6, 6.07) is 31.1. The number of anilines is 1. The molecule has 0 amide bonds. The number of hydrogen-bond acceptors (Lipinski definition) is 4. The second kappa shape index (κ2) is 10.6. The average Bonchev–Trinajstić information content (AvgIpc) is 3.59. The van der Waals surface area contributed by atoms with Crippen LogP contribution in [0.1, 0.15) is 23.5 Å². The van der Waals surface area contributed by atoms with Crippen LogP contribution in [-0.4, -0.2) is 21.8 Å². The second-order valence-electron chi connectivity index (χ2n) is 9.05. The van der Waals surface area contributed by atoms with Crippen LogP contribution >= 0.6 is 12.2 Å². The summed E-state index contributed by atoms with van der Waals surface area (Å²) in [7, 11) is 1.63. The quantitative estimate of drug-likeness (QED) is 0.226. The third-order valence-corrected chi connectivity index (χ3v) is 6.99. The Balaban J connectivity index is 1.37. The molecule has 0 bridgehead atoms. The molecular weight excluding hydrogens is 511 g/mol. The first-order valence-electron chi connectivity index (χ1n) is 12.5. The van der Waals surface area contributed by atoms with Crippen molar-refractivity contribution in [2.45, 2.75) is 12.1 Å². The topological polar surface area (TPSA) is 51.6 Å². The number of thiocarbonyl (C=S) groups is 1. The minimum absolute atomic E-state index is 0.226. The molecule has 2 aromatic heterocycles. The zero-order valence-electron chi connectivity index (χ0n) is 21.1. The van der Waals surface area contributed by atoms with Gasteiger partial charge in [-0.1, -0.05) is 12.1 Å². The Kier molecular flexibility index (Phi) is 6.69. The number of aromatic nitrogens is 2. The number of nitrogens with zero attached hydrogens (tertiary/aromatic N) is 3. The van der Waals surface area contributed by atoms with E-state index in [2.05, 4.69) is 15.2 Å². The van der Waals surface area contributed by atoms with Gasteiger partial charge < -0.3 is 24.3 Å². The van der Waals surface area contributed by atoms with Gasteiger partial charge in [0.25, 0.3) is 0 Å². The van der Waals surface area contributed by atoms with Gasteiger partial charge in [-0.15, -0.1) is 0 Å². The van der Waals surface area contributed by atoms with Crippen LogP contribution in [0.5, 0.6) is 17.2 Å². The number of hydrogen-bond donors (Lipinski definition) is 1. The number of pyridine rings is 1. The van der Waals surface area contributed by atoms with Crippen molar-refractivity contribution in [3.05, 3.63) is 133 Å². The van der Waals surface area contributed by atoms with E-state index in [0.29, 0.717) is 16.6 Å². The lowest BCUT2D eigenvalue weighted by Crippen LogP contribution is -2.30. The highest BCUT2D eigenvalue weighted by atomic mass is 32.1. The molecule has 0 aliphatic carbocycles. The Morgan fingerprint density at radius 2 is 1.56 bits per heavy atom. The fourth-order valence-electron chi connectivity index (χ4n) is 4.88. The first kappa shape index (κ1) is 24.6. The minimum atomic E-state index is -0.294. The molecule has 2 atom stereocenters. The van der Waals surface area contributed by atoms with Crippen molar-refractivity contribution >= 4 is 23.0 Å². The average molecular weight is 537 g/mol. The van der Waals surface area contributed by atoms with E-state index in [9.17, 15) is 4.39 Å². The van der Waals surface area contributed by atoms with E-state index in [1.165, 1.54) is 12.1 Å². The Morgan fingerprint density at radius 1 is 0.821 bits per heavy atom. The molecule has 6 nitrogen and oxygen atoms in total. The van der Waals surface area contributed by atoms with E-state index in [1.54, 1.807) is 19.4 Å². The van der Waals surface area contributed by atoms with Crippen LogP contribution in [0.3, 0.4) is 0 Å². The molecule has 0 saturated carbocycles. The van der Waals surface area contributed by atoms with Crippen molar-refractivity contribution in [3.63, 3.8) is 0 Å². The predicted octanol–water partition coefficient (Wildman–Crippen LogP) is 6.99. The minimum Gasteiger partial charge on any atom is -0.497 e. The largest absolute Gasteiger partial charge is 0.497 e. The maximum atomic E-state index is 14.2. The van der Waals surface area contributed by atoms with Gasteiger partial charge >= 0.3 is 0 Å². The van der Waals surface area contributed by atoms with Gasteiger partial charge in [-0.3, -0.25) is 4.98 Å². The molecule has 6 rings (SSSR count). The van der Waals surface area contributed by atoms with Crippen molar-refractivity contribution in [1.82, 2.24) is 14.9 Å². The number of halogens is 1. The van der Waals surface area contributed by atoms with Crippen LogP contribution in [0.15, 0.2) is 116 Å². The molecule has 3 aromatic carbocycles. The Bertz CT molecular complexity index is 1590. The number of methoxy groups -OCH3 is 1. The zero-order chi connectivity index (χ0) is 26.8. The van der Waals surface area contributed by atoms with Crippen molar-refractivity contribution in [3.8, 4) is 22.9 Å². The second-order valence-corrected chi connectivity index (χ2v) is 9.44. The van der Waals surface area contributed by atoms with Crippen LogP contribution in [0.25, 0.3) is 5.69 Å². The first-order chi connectivity index (χ1) is 19.1. The number of ether oxygens (including phenoxy) is 2. The molecule has 2 unspecified atom stereocenters. The summed E-state index contributed by atoms with van der Waals surface area (Å²) < 4.78 is 27.4. The van der Waals surface area contributed by atoms with Gasteiger partial charge in [-0.05, 0) is 103 Å². The molecule has 8 heteroatoms. The number of nitrogens with one attached hydrogen (secondary N) is 1. The fraction of sp³-hybridized carbons (Fsp3) is 0.0968. The summed E-state index contributed by atoms with van der Waals surface area (Å²) in [6.45, 7) is 0. The van der Waals surface area contributed by atoms with Gasteiger partial charge in [-0.25, -0.2) is 4.39 Å². The highest BCUT2D eigenvalue weighted by molar-refractivity contribution is 7.80. The molecule has 1 fully saturated rings. The third-order valence-electron chi connectivity index (χ3n) is 6.68. The molecule has 194 valence electrons. The van der Waals surface area contributed by atoms with Crippen molar-refractivity contribution in [2.75, 3.05) is 12.0 Å². The summed E-state index contributed by atoms with van der Waals surface area (Å²) in [5.74, 6) is 1.88. The molecular formula is C31H25FN4O2S. The van der Waals surface area contributed by atoms with E-state index in [4.69, 9.17) is 21.7 Å². The van der Waals surface area contributed by atoms with E-state index in [0.717, 1.165) is 28.5 Å². The van der Waals surface area contributed by atoms with Crippen LogP contribution in [0.4, 0.5) is 10.1 Å². The van der Waals surface area contributed by atoms with Gasteiger partial charge in [0.1, 0.15) is 29.1 Å². The van der Waals surface area contributed by atoms with Crippen LogP contribution < -0.4 is 19.7 Å². The highest BCUT2D eigenvalue weighted by Crippen LogP contribution is 2.42.